The molecule has 1 heterocycles. The number of methoxy groups -OCH3 is 1. The second kappa shape index (κ2) is 9.21. The van der Waals surface area contributed by atoms with Crippen LogP contribution in [0.2, 0.25) is 0 Å². The van der Waals surface area contributed by atoms with E-state index in [1.165, 1.54) is 6.33 Å². The average molecular weight is 498 g/mol. The molecule has 1 aliphatic rings. The average Bonchev–Trinajstić information content (AvgIpc) is 3.20. The third kappa shape index (κ3) is 4.48. The van der Waals surface area contributed by atoms with E-state index in [2.05, 4.69) is 65.6 Å². The minimum absolute atomic E-state index is 0. The maximum atomic E-state index is 5.72. The lowest BCUT2D eigenvalue weighted by Gasteiger charge is -2.59. The van der Waals surface area contributed by atoms with Gasteiger partial charge < -0.3 is 15.4 Å². The van der Waals surface area contributed by atoms with Crippen molar-refractivity contribution < 1.29 is 4.74 Å². The van der Waals surface area contributed by atoms with E-state index in [0.717, 1.165) is 35.9 Å². The van der Waals surface area contributed by atoms with Gasteiger partial charge in [0.1, 0.15) is 6.33 Å². The Kier molecular flexibility index (Phi) is 7.44. The third-order valence-electron chi connectivity index (χ3n) is 5.97. The van der Waals surface area contributed by atoms with Crippen LogP contribution in [-0.2, 0) is 11.3 Å². The molecule has 0 radical (unpaired) electrons. The van der Waals surface area contributed by atoms with E-state index in [1.807, 2.05) is 12.1 Å². The molecular weight excluding hydrogens is 467 g/mol. The Bertz CT molecular complexity index is 792. The number of halogens is 1. The highest BCUT2D eigenvalue weighted by Crippen LogP contribution is 2.51. The molecule has 7 nitrogen and oxygen atoms in total. The predicted octanol–water partition coefficient (Wildman–Crippen LogP) is 3.35. The molecule has 1 aromatic carbocycles. The van der Waals surface area contributed by atoms with Crippen molar-refractivity contribution in [3.63, 3.8) is 0 Å². The van der Waals surface area contributed by atoms with Gasteiger partial charge in [0.25, 0.3) is 0 Å². The molecule has 0 spiro atoms. The van der Waals surface area contributed by atoms with Crippen LogP contribution in [0.15, 0.2) is 35.6 Å². The third-order valence-corrected chi connectivity index (χ3v) is 5.97. The molecule has 1 aliphatic carbocycles. The summed E-state index contributed by atoms with van der Waals surface area (Å²) in [5, 5.41) is 13.7. The molecule has 2 unspecified atom stereocenters. The van der Waals surface area contributed by atoms with Gasteiger partial charge in [-0.25, -0.2) is 9.98 Å². The summed E-state index contributed by atoms with van der Waals surface area (Å²) in [4.78, 5) is 8.98. The highest BCUT2D eigenvalue weighted by Gasteiger charge is 2.58. The van der Waals surface area contributed by atoms with E-state index in [0.29, 0.717) is 12.6 Å². The van der Waals surface area contributed by atoms with Crippen LogP contribution in [0.25, 0.3) is 11.4 Å². The first kappa shape index (κ1) is 22.6. The number of hydrogen-bond donors (Lipinski definition) is 3. The quantitative estimate of drug-likeness (QED) is 0.323. The summed E-state index contributed by atoms with van der Waals surface area (Å²) in [6.45, 7) is 10.1. The molecule has 1 saturated carbocycles. The summed E-state index contributed by atoms with van der Waals surface area (Å²) in [6, 6.07) is 8.51. The van der Waals surface area contributed by atoms with Crippen molar-refractivity contribution in [2.24, 2.45) is 10.4 Å². The summed E-state index contributed by atoms with van der Waals surface area (Å²) < 4.78 is 5.72. The lowest BCUT2D eigenvalue weighted by molar-refractivity contribution is -0.176. The van der Waals surface area contributed by atoms with Crippen LogP contribution >= 0.6 is 24.0 Å². The number of ether oxygens (including phenoxy) is 1. The molecule has 0 amide bonds. The van der Waals surface area contributed by atoms with Crippen LogP contribution in [0.4, 0.5) is 0 Å². The van der Waals surface area contributed by atoms with Gasteiger partial charge in [-0.15, -0.1) is 24.0 Å². The molecule has 1 aromatic heterocycles. The Morgan fingerprint density at radius 2 is 2.14 bits per heavy atom. The first-order chi connectivity index (χ1) is 12.9. The minimum Gasteiger partial charge on any atom is -0.378 e. The van der Waals surface area contributed by atoms with Gasteiger partial charge in [-0.05, 0) is 31.9 Å². The number of nitrogens with one attached hydrogen (secondary N) is 3. The highest BCUT2D eigenvalue weighted by molar-refractivity contribution is 14.0. The molecule has 3 rings (SSSR count). The molecule has 1 fully saturated rings. The fraction of sp³-hybridized carbons (Fsp3) is 0.550. The summed E-state index contributed by atoms with van der Waals surface area (Å²) in [5.74, 6) is 1.60. The maximum Gasteiger partial charge on any atom is 0.191 e. The topological polar surface area (TPSA) is 87.2 Å². The number of aromatic nitrogens is 3. The Morgan fingerprint density at radius 3 is 2.75 bits per heavy atom. The van der Waals surface area contributed by atoms with Crippen LogP contribution < -0.4 is 10.6 Å². The Balaban J connectivity index is 0.00000280. The SMILES string of the molecule is CCNC(=NCc1cccc(-c2ncn[nH]2)c1)NC1CC(C)(OC)C1(C)C.I. The first-order valence-corrected chi connectivity index (χ1v) is 9.44. The number of aromatic amines is 1. The monoisotopic (exact) mass is 498 g/mol. The summed E-state index contributed by atoms with van der Waals surface area (Å²) in [6.07, 6.45) is 2.48. The van der Waals surface area contributed by atoms with E-state index in [-0.39, 0.29) is 35.0 Å². The van der Waals surface area contributed by atoms with Crippen LogP contribution in [0, 0.1) is 5.41 Å². The number of H-pyrrole nitrogens is 1. The molecule has 2 aromatic rings. The van der Waals surface area contributed by atoms with Gasteiger partial charge in [0, 0.05) is 30.7 Å². The predicted molar refractivity (Wildman–Crippen MR) is 123 cm³/mol. The maximum absolute atomic E-state index is 5.72. The zero-order valence-electron chi connectivity index (χ0n) is 17.2. The van der Waals surface area contributed by atoms with E-state index >= 15 is 0 Å². The second-order valence-electron chi connectivity index (χ2n) is 7.79. The highest BCUT2D eigenvalue weighted by atomic mass is 127. The lowest BCUT2D eigenvalue weighted by atomic mass is 9.56. The van der Waals surface area contributed by atoms with Gasteiger partial charge >= 0.3 is 0 Å². The van der Waals surface area contributed by atoms with Crippen molar-refractivity contribution in [2.75, 3.05) is 13.7 Å². The van der Waals surface area contributed by atoms with Crippen molar-refractivity contribution in [1.82, 2.24) is 25.8 Å². The fourth-order valence-corrected chi connectivity index (χ4v) is 3.54. The van der Waals surface area contributed by atoms with E-state index in [1.54, 1.807) is 7.11 Å². The zero-order valence-corrected chi connectivity index (χ0v) is 19.6. The first-order valence-electron chi connectivity index (χ1n) is 9.44. The molecule has 8 heteroatoms. The number of aliphatic imine (C=N–C) groups is 1. The van der Waals surface area contributed by atoms with E-state index in [9.17, 15) is 0 Å². The van der Waals surface area contributed by atoms with E-state index in [4.69, 9.17) is 9.73 Å². The lowest BCUT2D eigenvalue weighted by Crippen LogP contribution is -2.69. The molecule has 3 N–H and O–H groups in total. The van der Waals surface area contributed by atoms with Gasteiger partial charge in [-0.2, -0.15) is 5.10 Å². The van der Waals surface area contributed by atoms with Crippen molar-refractivity contribution in [3.8, 4) is 11.4 Å². The summed E-state index contributed by atoms with van der Waals surface area (Å²) in [5.41, 5.74) is 2.06. The molecule has 2 atom stereocenters. The fourth-order valence-electron chi connectivity index (χ4n) is 3.54. The Morgan fingerprint density at radius 1 is 1.36 bits per heavy atom. The number of benzene rings is 1. The molecule has 28 heavy (non-hydrogen) atoms. The standard InChI is InChI=1S/C20H30N6O.HI/c1-6-21-18(25-16-11-20(4,27-5)19(16,2)3)22-12-14-8-7-9-15(10-14)17-23-13-24-26-17;/h7-10,13,16H,6,11-12H2,1-5H3,(H2,21,22,25)(H,23,24,26);1H. The number of nitrogens with zero attached hydrogens (tertiary/aromatic N) is 3. The largest absolute Gasteiger partial charge is 0.378 e. The van der Waals surface area contributed by atoms with Crippen molar-refractivity contribution >= 4 is 29.9 Å². The number of hydrogen-bond acceptors (Lipinski definition) is 4. The number of guanidine groups is 1. The molecule has 154 valence electrons. The summed E-state index contributed by atoms with van der Waals surface area (Å²) in [7, 11) is 1.79. The molecule has 0 aliphatic heterocycles. The smallest absolute Gasteiger partial charge is 0.191 e. The number of rotatable bonds is 6. The minimum atomic E-state index is -0.104. The molecule has 0 saturated heterocycles. The van der Waals surface area contributed by atoms with Gasteiger partial charge in [0.15, 0.2) is 11.8 Å². The van der Waals surface area contributed by atoms with Gasteiger partial charge in [0.05, 0.1) is 12.1 Å². The van der Waals surface area contributed by atoms with Gasteiger partial charge in [-0.1, -0.05) is 32.0 Å². The van der Waals surface area contributed by atoms with Crippen molar-refractivity contribution in [1.29, 1.82) is 0 Å². The summed E-state index contributed by atoms with van der Waals surface area (Å²) >= 11 is 0. The van der Waals surface area contributed by atoms with Gasteiger partial charge in [0.2, 0.25) is 0 Å². The van der Waals surface area contributed by atoms with Crippen LogP contribution in [0.3, 0.4) is 0 Å². The van der Waals surface area contributed by atoms with E-state index < -0.39 is 0 Å². The molecule has 0 bridgehead atoms. The van der Waals surface area contributed by atoms with Crippen molar-refractivity contribution in [2.45, 2.75) is 52.3 Å². The van der Waals surface area contributed by atoms with Gasteiger partial charge in [-0.3, -0.25) is 5.10 Å². The van der Waals surface area contributed by atoms with Crippen molar-refractivity contribution in [3.05, 3.63) is 36.2 Å². The Labute approximate surface area is 184 Å². The van der Waals surface area contributed by atoms with Crippen LogP contribution in [0.1, 0.15) is 39.7 Å². The van der Waals surface area contributed by atoms with Crippen LogP contribution in [-0.4, -0.2) is 46.4 Å². The Hall–Kier alpha value is -1.68. The zero-order chi connectivity index (χ0) is 19.5. The normalized spacial score (nSPS) is 23.5. The second-order valence-corrected chi connectivity index (χ2v) is 7.79. The molecular formula is C20H31IN6O. The van der Waals surface area contributed by atoms with Crippen LogP contribution in [0.5, 0.6) is 0 Å².